The third-order valence-electron chi connectivity index (χ3n) is 3.95. The molecule has 0 aliphatic carbocycles. The van der Waals surface area contributed by atoms with Crippen LogP contribution in [0.15, 0.2) is 30.3 Å². The van der Waals surface area contributed by atoms with Crippen molar-refractivity contribution in [3.63, 3.8) is 0 Å². The van der Waals surface area contributed by atoms with Crippen LogP contribution < -0.4 is 16.0 Å². The van der Waals surface area contributed by atoms with E-state index in [9.17, 15) is 19.5 Å². The van der Waals surface area contributed by atoms with E-state index in [4.69, 9.17) is 5.11 Å². The highest BCUT2D eigenvalue weighted by molar-refractivity contribution is 5.87. The predicted octanol–water partition coefficient (Wildman–Crippen LogP) is 0.893. The largest absolute Gasteiger partial charge is 0.465 e. The molecule has 0 aliphatic rings. The van der Waals surface area contributed by atoms with E-state index < -0.39 is 36.1 Å². The summed E-state index contributed by atoms with van der Waals surface area (Å²) in [7, 11) is 0. The van der Waals surface area contributed by atoms with Gasteiger partial charge in [0.15, 0.2) is 6.10 Å². The second-order valence-electron chi connectivity index (χ2n) is 6.78. The molecule has 0 bridgehead atoms. The Hall–Kier alpha value is -2.61. The van der Waals surface area contributed by atoms with Crippen LogP contribution in [0.3, 0.4) is 0 Å². The SMILES string of the molecule is CCNC(=O)C(O)C(Cc1ccccc1)NC(=O)[C@H](CC(C)C)NC(=O)O. The van der Waals surface area contributed by atoms with E-state index in [-0.39, 0.29) is 12.3 Å². The van der Waals surface area contributed by atoms with Gasteiger partial charge in [-0.15, -0.1) is 0 Å². The first-order valence-electron chi connectivity index (χ1n) is 9.04. The van der Waals surface area contributed by atoms with Crippen molar-refractivity contribution in [1.29, 1.82) is 0 Å². The number of nitrogens with one attached hydrogen (secondary N) is 3. The van der Waals surface area contributed by atoms with E-state index in [2.05, 4.69) is 16.0 Å². The number of benzene rings is 1. The molecule has 1 aromatic rings. The molecule has 0 heterocycles. The van der Waals surface area contributed by atoms with Crippen LogP contribution in [0, 0.1) is 5.92 Å². The number of rotatable bonds is 10. The first kappa shape index (κ1) is 22.4. The van der Waals surface area contributed by atoms with Crippen molar-refractivity contribution in [2.75, 3.05) is 6.54 Å². The Bertz CT molecular complexity index is 621. The van der Waals surface area contributed by atoms with Crippen LogP contribution in [-0.4, -0.2) is 52.9 Å². The van der Waals surface area contributed by atoms with Crippen LogP contribution >= 0.6 is 0 Å². The monoisotopic (exact) mass is 379 g/mol. The fourth-order valence-corrected chi connectivity index (χ4v) is 2.71. The molecule has 0 saturated carbocycles. The van der Waals surface area contributed by atoms with Gasteiger partial charge in [0.25, 0.3) is 5.91 Å². The van der Waals surface area contributed by atoms with E-state index in [1.807, 2.05) is 44.2 Å². The molecule has 0 saturated heterocycles. The summed E-state index contributed by atoms with van der Waals surface area (Å²) in [6.07, 6.45) is -2.24. The molecule has 8 heteroatoms. The van der Waals surface area contributed by atoms with Gasteiger partial charge >= 0.3 is 6.09 Å². The number of hydrogen-bond acceptors (Lipinski definition) is 4. The highest BCUT2D eigenvalue weighted by Gasteiger charge is 2.30. The summed E-state index contributed by atoms with van der Waals surface area (Å²) in [4.78, 5) is 35.7. The molecule has 150 valence electrons. The summed E-state index contributed by atoms with van der Waals surface area (Å²) in [5.74, 6) is -1.09. The fraction of sp³-hybridized carbons (Fsp3) is 0.526. The molecule has 0 spiro atoms. The summed E-state index contributed by atoms with van der Waals surface area (Å²) in [6, 6.07) is 7.27. The van der Waals surface area contributed by atoms with Gasteiger partial charge in [0.1, 0.15) is 6.04 Å². The Morgan fingerprint density at radius 3 is 2.19 bits per heavy atom. The molecule has 0 aliphatic heterocycles. The number of hydrogen-bond donors (Lipinski definition) is 5. The summed E-state index contributed by atoms with van der Waals surface area (Å²) in [5, 5.41) is 26.7. The summed E-state index contributed by atoms with van der Waals surface area (Å²) in [6.45, 7) is 5.81. The maximum atomic E-state index is 12.6. The van der Waals surface area contributed by atoms with Gasteiger partial charge in [-0.1, -0.05) is 44.2 Å². The molecule has 8 nitrogen and oxygen atoms in total. The Labute approximate surface area is 159 Å². The van der Waals surface area contributed by atoms with E-state index in [0.29, 0.717) is 13.0 Å². The molecule has 3 atom stereocenters. The molecule has 1 rings (SSSR count). The van der Waals surface area contributed by atoms with E-state index >= 15 is 0 Å². The van der Waals surface area contributed by atoms with Crippen molar-refractivity contribution < 1.29 is 24.6 Å². The van der Waals surface area contributed by atoms with Crippen LogP contribution in [0.1, 0.15) is 32.8 Å². The van der Waals surface area contributed by atoms with Gasteiger partial charge in [0.2, 0.25) is 5.91 Å². The van der Waals surface area contributed by atoms with Crippen molar-refractivity contribution in [1.82, 2.24) is 16.0 Å². The second kappa shape index (κ2) is 11.2. The van der Waals surface area contributed by atoms with Crippen LogP contribution in [0.25, 0.3) is 0 Å². The standard InChI is InChI=1S/C19H29N3O5/c1-4-20-18(25)16(23)14(11-13-8-6-5-7-9-13)21-17(24)15(10-12(2)3)22-19(26)27/h5-9,12,14-16,22-23H,4,10-11H2,1-3H3,(H,20,25)(H,21,24)(H,26,27)/t14?,15-,16?/m0/s1. The molecular weight excluding hydrogens is 350 g/mol. The van der Waals surface area contributed by atoms with Crippen molar-refractivity contribution in [2.24, 2.45) is 5.92 Å². The minimum Gasteiger partial charge on any atom is -0.465 e. The number of aliphatic hydroxyl groups is 1. The van der Waals surface area contributed by atoms with Gasteiger partial charge in [-0.25, -0.2) is 4.79 Å². The quantitative estimate of drug-likeness (QED) is 0.413. The molecule has 0 fully saturated rings. The lowest BCUT2D eigenvalue weighted by Gasteiger charge is -2.26. The van der Waals surface area contributed by atoms with Crippen molar-refractivity contribution in [2.45, 2.75) is 51.8 Å². The Balaban J connectivity index is 2.97. The minimum atomic E-state index is -1.46. The lowest BCUT2D eigenvalue weighted by atomic mass is 9.98. The molecular formula is C19H29N3O5. The average Bonchev–Trinajstić information content (AvgIpc) is 2.60. The maximum absolute atomic E-state index is 12.6. The lowest BCUT2D eigenvalue weighted by molar-refractivity contribution is -0.132. The first-order valence-corrected chi connectivity index (χ1v) is 9.04. The summed E-state index contributed by atoms with van der Waals surface area (Å²) in [5.41, 5.74) is 0.831. The third-order valence-corrected chi connectivity index (χ3v) is 3.95. The van der Waals surface area contributed by atoms with Gasteiger partial charge in [-0.2, -0.15) is 0 Å². The smallest absolute Gasteiger partial charge is 0.405 e. The van der Waals surface area contributed by atoms with E-state index in [1.54, 1.807) is 6.92 Å². The van der Waals surface area contributed by atoms with Gasteiger partial charge in [-0.05, 0) is 31.2 Å². The lowest BCUT2D eigenvalue weighted by Crippen LogP contribution is -2.56. The summed E-state index contributed by atoms with van der Waals surface area (Å²) >= 11 is 0. The number of carbonyl (C=O) groups excluding carboxylic acids is 2. The predicted molar refractivity (Wildman–Crippen MR) is 101 cm³/mol. The topological polar surface area (TPSA) is 128 Å². The number of likely N-dealkylation sites (N-methyl/N-ethyl adjacent to an activating group) is 1. The Kier molecular flexibility index (Phi) is 9.29. The molecule has 1 aromatic carbocycles. The molecule has 0 aromatic heterocycles. The zero-order valence-corrected chi connectivity index (χ0v) is 15.9. The normalized spacial score (nSPS) is 14.1. The first-order chi connectivity index (χ1) is 12.7. The molecule has 0 radical (unpaired) electrons. The van der Waals surface area contributed by atoms with Crippen LogP contribution in [-0.2, 0) is 16.0 Å². The maximum Gasteiger partial charge on any atom is 0.405 e. The third kappa shape index (κ3) is 8.08. The number of carbonyl (C=O) groups is 3. The Morgan fingerprint density at radius 2 is 1.67 bits per heavy atom. The van der Waals surface area contributed by atoms with Crippen LogP contribution in [0.2, 0.25) is 0 Å². The molecule has 5 N–H and O–H groups in total. The Morgan fingerprint density at radius 1 is 1.04 bits per heavy atom. The van der Waals surface area contributed by atoms with Crippen LogP contribution in [0.4, 0.5) is 4.79 Å². The van der Waals surface area contributed by atoms with E-state index in [1.165, 1.54) is 0 Å². The highest BCUT2D eigenvalue weighted by Crippen LogP contribution is 2.10. The summed E-state index contributed by atoms with van der Waals surface area (Å²) < 4.78 is 0. The fourth-order valence-electron chi connectivity index (χ4n) is 2.71. The van der Waals surface area contributed by atoms with Crippen molar-refractivity contribution in [3.05, 3.63) is 35.9 Å². The van der Waals surface area contributed by atoms with Gasteiger partial charge < -0.3 is 26.2 Å². The average molecular weight is 379 g/mol. The molecule has 3 amide bonds. The highest BCUT2D eigenvalue weighted by atomic mass is 16.4. The van der Waals surface area contributed by atoms with Crippen LogP contribution in [0.5, 0.6) is 0 Å². The zero-order chi connectivity index (χ0) is 20.4. The number of carboxylic acid groups (broad SMARTS) is 1. The van der Waals surface area contributed by atoms with E-state index in [0.717, 1.165) is 5.56 Å². The number of amides is 3. The van der Waals surface area contributed by atoms with Gasteiger partial charge in [0, 0.05) is 6.54 Å². The zero-order valence-electron chi connectivity index (χ0n) is 15.9. The molecule has 2 unspecified atom stereocenters. The second-order valence-corrected chi connectivity index (χ2v) is 6.78. The van der Waals surface area contributed by atoms with Gasteiger partial charge in [0.05, 0.1) is 6.04 Å². The van der Waals surface area contributed by atoms with Gasteiger partial charge in [-0.3, -0.25) is 9.59 Å². The number of aliphatic hydroxyl groups excluding tert-OH is 1. The van der Waals surface area contributed by atoms with Crippen molar-refractivity contribution >= 4 is 17.9 Å². The molecule has 27 heavy (non-hydrogen) atoms. The van der Waals surface area contributed by atoms with Crippen molar-refractivity contribution in [3.8, 4) is 0 Å². The minimum absolute atomic E-state index is 0.0773.